The largest absolute Gasteiger partial charge is 0.494 e. The summed E-state index contributed by atoms with van der Waals surface area (Å²) in [7, 11) is -2.33. The Morgan fingerprint density at radius 2 is 1.79 bits per heavy atom. The van der Waals surface area contributed by atoms with E-state index < -0.39 is 15.6 Å². The first-order valence-electron chi connectivity index (χ1n) is 8.72. The summed E-state index contributed by atoms with van der Waals surface area (Å²) >= 11 is 12.1. The highest BCUT2D eigenvalue weighted by Gasteiger charge is 2.30. The Balaban J connectivity index is 1.99. The number of nitrogens with one attached hydrogen (secondary N) is 1. The highest BCUT2D eigenvalue weighted by molar-refractivity contribution is 7.89. The van der Waals surface area contributed by atoms with E-state index in [9.17, 15) is 8.42 Å². The van der Waals surface area contributed by atoms with Crippen molar-refractivity contribution >= 4 is 33.2 Å². The van der Waals surface area contributed by atoms with Crippen molar-refractivity contribution in [3.05, 3.63) is 76.5 Å². The number of methoxy groups -OCH3 is 1. The Bertz CT molecular complexity index is 1150. The zero-order chi connectivity index (χ0) is 21.2. The summed E-state index contributed by atoms with van der Waals surface area (Å²) in [4.78, 5) is 4.01. The van der Waals surface area contributed by atoms with E-state index >= 15 is 0 Å². The number of hydrogen-bond acceptors (Lipinski definition) is 4. The Morgan fingerprint density at radius 1 is 1.07 bits per heavy atom. The highest BCUT2D eigenvalue weighted by atomic mass is 35.5. The average Bonchev–Trinajstić information content (AvgIpc) is 2.69. The van der Waals surface area contributed by atoms with Crippen LogP contribution in [0.1, 0.15) is 19.4 Å². The fraction of sp³-hybridized carbons (Fsp3) is 0.190. The average molecular weight is 451 g/mol. The zero-order valence-electron chi connectivity index (χ0n) is 16.1. The monoisotopic (exact) mass is 450 g/mol. The number of nitrogens with zero attached hydrogens (tertiary/aromatic N) is 1. The Labute approximate surface area is 180 Å². The first kappa shape index (κ1) is 21.6. The van der Waals surface area contributed by atoms with Crippen molar-refractivity contribution in [2.24, 2.45) is 0 Å². The summed E-state index contributed by atoms with van der Waals surface area (Å²) in [6, 6.07) is 13.9. The molecule has 0 bridgehead atoms. The van der Waals surface area contributed by atoms with Crippen molar-refractivity contribution in [3.63, 3.8) is 0 Å². The summed E-state index contributed by atoms with van der Waals surface area (Å²) in [6.45, 7) is 3.57. The minimum Gasteiger partial charge on any atom is -0.494 e. The van der Waals surface area contributed by atoms with Gasteiger partial charge in [0.2, 0.25) is 10.0 Å². The molecule has 0 spiro atoms. The van der Waals surface area contributed by atoms with Gasteiger partial charge in [0.25, 0.3) is 0 Å². The molecule has 3 rings (SSSR count). The molecular formula is C21H20Cl2N2O3S. The molecule has 8 heteroatoms. The second-order valence-electron chi connectivity index (χ2n) is 6.94. The van der Waals surface area contributed by atoms with Crippen LogP contribution in [0.3, 0.4) is 0 Å². The minimum atomic E-state index is -3.91. The molecule has 29 heavy (non-hydrogen) atoms. The number of sulfonamides is 1. The van der Waals surface area contributed by atoms with Crippen LogP contribution >= 0.6 is 23.2 Å². The molecule has 0 saturated heterocycles. The van der Waals surface area contributed by atoms with Crippen molar-refractivity contribution in [1.82, 2.24) is 9.71 Å². The zero-order valence-corrected chi connectivity index (χ0v) is 18.4. The molecule has 0 fully saturated rings. The first-order chi connectivity index (χ1) is 13.7. The number of pyridine rings is 1. The molecule has 1 aromatic heterocycles. The molecule has 0 saturated carbocycles. The lowest BCUT2D eigenvalue weighted by molar-refractivity contribution is 0.414. The van der Waals surface area contributed by atoms with Gasteiger partial charge in [0.1, 0.15) is 10.6 Å². The molecule has 0 atom stereocenters. The van der Waals surface area contributed by atoms with Crippen LogP contribution in [0.2, 0.25) is 10.0 Å². The van der Waals surface area contributed by atoms with Gasteiger partial charge in [-0.1, -0.05) is 47.5 Å². The number of halogens is 2. The first-order valence-corrected chi connectivity index (χ1v) is 11.0. The van der Waals surface area contributed by atoms with Crippen LogP contribution in [0, 0.1) is 0 Å². The Kier molecular flexibility index (Phi) is 6.19. The summed E-state index contributed by atoms with van der Waals surface area (Å²) in [6.07, 6.45) is 3.32. The molecule has 0 amide bonds. The number of benzene rings is 2. The number of hydrogen-bond donors (Lipinski definition) is 1. The fourth-order valence-electron chi connectivity index (χ4n) is 3.00. The van der Waals surface area contributed by atoms with Crippen LogP contribution in [0.25, 0.3) is 11.1 Å². The fourth-order valence-corrected chi connectivity index (χ4v) is 5.16. The van der Waals surface area contributed by atoms with Gasteiger partial charge in [-0.05, 0) is 49.2 Å². The molecular weight excluding hydrogens is 431 g/mol. The topological polar surface area (TPSA) is 68.3 Å². The van der Waals surface area contributed by atoms with E-state index in [1.165, 1.54) is 6.07 Å². The maximum absolute atomic E-state index is 13.0. The van der Waals surface area contributed by atoms with Crippen LogP contribution in [0.4, 0.5) is 0 Å². The third kappa shape index (κ3) is 4.56. The van der Waals surface area contributed by atoms with E-state index in [2.05, 4.69) is 9.71 Å². The van der Waals surface area contributed by atoms with Crippen molar-refractivity contribution in [1.29, 1.82) is 0 Å². The van der Waals surface area contributed by atoms with Gasteiger partial charge < -0.3 is 4.74 Å². The summed E-state index contributed by atoms with van der Waals surface area (Å²) in [5.74, 6) is 0.633. The number of rotatable bonds is 6. The maximum Gasteiger partial charge on any atom is 0.242 e. The lowest BCUT2D eigenvalue weighted by atomic mass is 9.92. The van der Waals surface area contributed by atoms with Gasteiger partial charge in [0, 0.05) is 11.8 Å². The second kappa shape index (κ2) is 8.32. The van der Waals surface area contributed by atoms with Gasteiger partial charge in [0.05, 0.1) is 28.9 Å². The standard InChI is InChI=1S/C21H20Cl2N2O3S/c1-21(2,25-29(26,27)19-9-5-8-17(22)20(19)23)15-7-4-6-14(12-15)16-10-11-24-13-18(16)28-3/h4-13,25H,1-3H3. The minimum absolute atomic E-state index is 0.00672. The molecule has 2 aromatic carbocycles. The molecule has 0 radical (unpaired) electrons. The molecule has 3 aromatic rings. The van der Waals surface area contributed by atoms with Gasteiger partial charge in [-0.3, -0.25) is 4.98 Å². The quantitative estimate of drug-likeness (QED) is 0.554. The predicted molar refractivity (Wildman–Crippen MR) is 116 cm³/mol. The molecule has 0 aliphatic heterocycles. The molecule has 1 N–H and O–H groups in total. The third-order valence-corrected chi connectivity index (χ3v) is 7.12. The summed E-state index contributed by atoms with van der Waals surface area (Å²) in [5.41, 5.74) is 1.60. The van der Waals surface area contributed by atoms with Gasteiger partial charge in [-0.15, -0.1) is 0 Å². The van der Waals surface area contributed by atoms with E-state index in [1.54, 1.807) is 45.5 Å². The maximum atomic E-state index is 13.0. The van der Waals surface area contributed by atoms with Crippen molar-refractivity contribution in [3.8, 4) is 16.9 Å². The smallest absolute Gasteiger partial charge is 0.242 e. The highest BCUT2D eigenvalue weighted by Crippen LogP contribution is 2.34. The second-order valence-corrected chi connectivity index (χ2v) is 9.38. The van der Waals surface area contributed by atoms with Crippen LogP contribution in [-0.4, -0.2) is 20.5 Å². The van der Waals surface area contributed by atoms with E-state index in [1.807, 2.05) is 30.3 Å². The molecule has 5 nitrogen and oxygen atoms in total. The SMILES string of the molecule is COc1cnccc1-c1cccc(C(C)(C)NS(=O)(=O)c2cccc(Cl)c2Cl)c1. The molecule has 152 valence electrons. The van der Waals surface area contributed by atoms with Gasteiger partial charge >= 0.3 is 0 Å². The van der Waals surface area contributed by atoms with Crippen LogP contribution in [0.15, 0.2) is 65.8 Å². The van der Waals surface area contributed by atoms with Gasteiger partial charge in [-0.25, -0.2) is 13.1 Å². The van der Waals surface area contributed by atoms with Crippen LogP contribution in [0.5, 0.6) is 5.75 Å². The van der Waals surface area contributed by atoms with Crippen LogP contribution < -0.4 is 9.46 Å². The molecule has 1 heterocycles. The van der Waals surface area contributed by atoms with Crippen molar-refractivity contribution in [2.45, 2.75) is 24.3 Å². The van der Waals surface area contributed by atoms with E-state index in [0.29, 0.717) is 5.75 Å². The number of ether oxygens (including phenoxy) is 1. The Morgan fingerprint density at radius 3 is 2.52 bits per heavy atom. The third-order valence-electron chi connectivity index (χ3n) is 4.49. The van der Waals surface area contributed by atoms with Crippen LogP contribution in [-0.2, 0) is 15.6 Å². The Hall–Kier alpha value is -2.12. The normalized spacial score (nSPS) is 12.0. The lowest BCUT2D eigenvalue weighted by Gasteiger charge is -2.27. The van der Waals surface area contributed by atoms with Gasteiger partial charge in [-0.2, -0.15) is 0 Å². The van der Waals surface area contributed by atoms with E-state index in [4.69, 9.17) is 27.9 Å². The summed E-state index contributed by atoms with van der Waals surface area (Å²) < 4.78 is 34.0. The molecule has 0 unspecified atom stereocenters. The van der Waals surface area contributed by atoms with E-state index in [0.717, 1.165) is 16.7 Å². The predicted octanol–water partition coefficient (Wildman–Crippen LogP) is 5.28. The molecule has 0 aliphatic carbocycles. The van der Waals surface area contributed by atoms with Crippen molar-refractivity contribution < 1.29 is 13.2 Å². The van der Waals surface area contributed by atoms with Crippen molar-refractivity contribution in [2.75, 3.05) is 7.11 Å². The van der Waals surface area contributed by atoms with Gasteiger partial charge in [0.15, 0.2) is 0 Å². The number of aromatic nitrogens is 1. The molecule has 0 aliphatic rings. The summed E-state index contributed by atoms with van der Waals surface area (Å²) in [5, 5.41) is 0.173. The lowest BCUT2D eigenvalue weighted by Crippen LogP contribution is -2.41. The van der Waals surface area contributed by atoms with E-state index in [-0.39, 0.29) is 14.9 Å².